The second kappa shape index (κ2) is 6.09. The molecule has 5 heteroatoms. The zero-order chi connectivity index (χ0) is 14.7. The first-order valence-corrected chi connectivity index (χ1v) is 6.85. The van der Waals surface area contributed by atoms with Crippen molar-refractivity contribution in [1.82, 2.24) is 9.78 Å². The Morgan fingerprint density at radius 3 is 2.75 bits per heavy atom. The Bertz CT molecular complexity index is 635. The number of aromatic nitrogens is 2. The maximum Gasteiger partial charge on any atom is 0.159 e. The van der Waals surface area contributed by atoms with Gasteiger partial charge in [0.15, 0.2) is 5.78 Å². The van der Waals surface area contributed by atoms with Crippen LogP contribution in [0.3, 0.4) is 0 Å². The van der Waals surface area contributed by atoms with Crippen LogP contribution in [0.15, 0.2) is 24.4 Å². The minimum absolute atomic E-state index is 0.0320. The van der Waals surface area contributed by atoms with Gasteiger partial charge in [0.25, 0.3) is 0 Å². The molecule has 2 aromatic rings. The average molecular weight is 293 g/mol. The van der Waals surface area contributed by atoms with Gasteiger partial charge in [-0.3, -0.25) is 9.48 Å². The van der Waals surface area contributed by atoms with Gasteiger partial charge in [-0.05, 0) is 39.0 Å². The summed E-state index contributed by atoms with van der Waals surface area (Å²) in [5, 5.41) is 4.86. The molecule has 0 aliphatic rings. The van der Waals surface area contributed by atoms with Crippen molar-refractivity contribution >= 4 is 17.4 Å². The first kappa shape index (κ1) is 14.6. The molecule has 1 aromatic carbocycles. The minimum Gasteiger partial charge on any atom is -0.494 e. The van der Waals surface area contributed by atoms with E-state index in [0.29, 0.717) is 23.7 Å². The summed E-state index contributed by atoms with van der Waals surface area (Å²) < 4.78 is 7.40. The molecule has 0 aliphatic heterocycles. The van der Waals surface area contributed by atoms with Crippen LogP contribution in [-0.4, -0.2) is 22.2 Å². The first-order chi connectivity index (χ1) is 9.52. The van der Waals surface area contributed by atoms with Crippen LogP contribution < -0.4 is 4.74 Å². The highest BCUT2D eigenvalue weighted by Crippen LogP contribution is 2.23. The van der Waals surface area contributed by atoms with E-state index in [4.69, 9.17) is 16.3 Å². The maximum absolute atomic E-state index is 11.5. The van der Waals surface area contributed by atoms with Crippen molar-refractivity contribution in [3.8, 4) is 5.75 Å². The van der Waals surface area contributed by atoms with Gasteiger partial charge in [0.05, 0.1) is 30.1 Å². The van der Waals surface area contributed by atoms with Gasteiger partial charge in [-0.2, -0.15) is 5.10 Å². The number of nitrogens with zero attached hydrogens (tertiary/aromatic N) is 2. The lowest BCUT2D eigenvalue weighted by atomic mass is 10.1. The molecule has 106 valence electrons. The summed E-state index contributed by atoms with van der Waals surface area (Å²) in [5.41, 5.74) is 2.48. The third-order valence-corrected chi connectivity index (χ3v) is 3.50. The van der Waals surface area contributed by atoms with Crippen LogP contribution in [-0.2, 0) is 6.54 Å². The molecular formula is C15H17ClN2O2. The Morgan fingerprint density at radius 1 is 1.45 bits per heavy atom. The van der Waals surface area contributed by atoms with Gasteiger partial charge in [-0.25, -0.2) is 0 Å². The van der Waals surface area contributed by atoms with Gasteiger partial charge in [-0.1, -0.05) is 11.6 Å². The van der Waals surface area contributed by atoms with E-state index >= 15 is 0 Å². The zero-order valence-electron chi connectivity index (χ0n) is 11.8. The lowest BCUT2D eigenvalue weighted by molar-refractivity contribution is 0.101. The maximum atomic E-state index is 11.5. The third kappa shape index (κ3) is 3.02. The van der Waals surface area contributed by atoms with Crippen LogP contribution >= 0.6 is 11.6 Å². The van der Waals surface area contributed by atoms with E-state index in [9.17, 15) is 4.79 Å². The summed E-state index contributed by atoms with van der Waals surface area (Å²) in [7, 11) is 0. The van der Waals surface area contributed by atoms with Gasteiger partial charge >= 0.3 is 0 Å². The predicted molar refractivity (Wildman–Crippen MR) is 78.7 cm³/mol. The molecule has 0 saturated carbocycles. The van der Waals surface area contributed by atoms with Crippen LogP contribution in [0.2, 0.25) is 5.02 Å². The van der Waals surface area contributed by atoms with Crippen molar-refractivity contribution < 1.29 is 9.53 Å². The number of hydrogen-bond donors (Lipinski definition) is 0. The number of carbonyl (C=O) groups is 1. The van der Waals surface area contributed by atoms with Gasteiger partial charge in [-0.15, -0.1) is 0 Å². The SMILES string of the molecule is CCOc1ccc(C(C)=O)cc1Cn1ncc(Cl)c1C. The van der Waals surface area contributed by atoms with Crippen LogP contribution in [0.5, 0.6) is 5.75 Å². The number of carbonyl (C=O) groups excluding carboxylic acids is 1. The molecule has 0 amide bonds. The van der Waals surface area contributed by atoms with Crippen LogP contribution in [0.1, 0.15) is 35.5 Å². The molecule has 1 heterocycles. The molecule has 0 bridgehead atoms. The van der Waals surface area contributed by atoms with Crippen LogP contribution in [0.25, 0.3) is 0 Å². The molecule has 0 unspecified atom stereocenters. The fourth-order valence-corrected chi connectivity index (χ4v) is 2.10. The van der Waals surface area contributed by atoms with Gasteiger partial charge in [0.2, 0.25) is 0 Å². The number of hydrogen-bond acceptors (Lipinski definition) is 3. The Morgan fingerprint density at radius 2 is 2.20 bits per heavy atom. The Labute approximate surface area is 123 Å². The van der Waals surface area contributed by atoms with Crippen molar-refractivity contribution in [2.45, 2.75) is 27.3 Å². The van der Waals surface area contributed by atoms with E-state index in [1.54, 1.807) is 23.9 Å². The fraction of sp³-hybridized carbons (Fsp3) is 0.333. The molecule has 0 fully saturated rings. The summed E-state index contributed by atoms with van der Waals surface area (Å²) in [6, 6.07) is 5.46. The zero-order valence-corrected chi connectivity index (χ0v) is 12.6. The summed E-state index contributed by atoms with van der Waals surface area (Å²) in [5.74, 6) is 0.799. The van der Waals surface area contributed by atoms with E-state index in [0.717, 1.165) is 17.0 Å². The molecule has 4 nitrogen and oxygen atoms in total. The molecule has 20 heavy (non-hydrogen) atoms. The smallest absolute Gasteiger partial charge is 0.159 e. The van der Waals surface area contributed by atoms with Gasteiger partial charge in [0.1, 0.15) is 5.75 Å². The number of rotatable bonds is 5. The molecule has 0 atom stereocenters. The Balaban J connectivity index is 2.39. The fourth-order valence-electron chi connectivity index (χ4n) is 1.96. The lowest BCUT2D eigenvalue weighted by Gasteiger charge is -2.12. The highest BCUT2D eigenvalue weighted by Gasteiger charge is 2.11. The molecule has 0 saturated heterocycles. The minimum atomic E-state index is 0.0320. The standard InChI is InChI=1S/C15H17ClN2O2/c1-4-20-15-6-5-12(11(3)19)7-13(15)9-18-10(2)14(16)8-17-18/h5-8H,4,9H2,1-3H3. The number of ether oxygens (including phenoxy) is 1. The van der Waals surface area contributed by atoms with E-state index in [1.807, 2.05) is 26.0 Å². The van der Waals surface area contributed by atoms with Crippen LogP contribution in [0.4, 0.5) is 0 Å². The first-order valence-electron chi connectivity index (χ1n) is 6.47. The average Bonchev–Trinajstić information content (AvgIpc) is 2.73. The van der Waals surface area contributed by atoms with Gasteiger partial charge in [0, 0.05) is 11.1 Å². The number of benzene rings is 1. The third-order valence-electron chi connectivity index (χ3n) is 3.13. The molecule has 0 radical (unpaired) electrons. The van der Waals surface area contributed by atoms with E-state index < -0.39 is 0 Å². The summed E-state index contributed by atoms with van der Waals surface area (Å²) in [4.78, 5) is 11.5. The monoisotopic (exact) mass is 292 g/mol. The van der Waals surface area contributed by atoms with Crippen molar-refractivity contribution in [3.63, 3.8) is 0 Å². The topological polar surface area (TPSA) is 44.1 Å². The molecular weight excluding hydrogens is 276 g/mol. The molecule has 0 aliphatic carbocycles. The van der Waals surface area contributed by atoms with E-state index in [1.165, 1.54) is 0 Å². The molecule has 1 aromatic heterocycles. The van der Waals surface area contributed by atoms with Crippen molar-refractivity contribution in [1.29, 1.82) is 0 Å². The largest absolute Gasteiger partial charge is 0.494 e. The molecule has 2 rings (SSSR count). The molecule has 0 spiro atoms. The normalized spacial score (nSPS) is 10.6. The van der Waals surface area contributed by atoms with E-state index in [2.05, 4.69) is 5.10 Å². The quantitative estimate of drug-likeness (QED) is 0.792. The highest BCUT2D eigenvalue weighted by molar-refractivity contribution is 6.31. The Hall–Kier alpha value is -1.81. The number of ketones is 1. The number of Topliss-reactive ketones (excluding diaryl/α,β-unsaturated/α-hetero) is 1. The summed E-state index contributed by atoms with van der Waals surface area (Å²) in [6.45, 7) is 6.49. The molecule has 0 N–H and O–H groups in total. The number of halogens is 1. The van der Waals surface area contributed by atoms with Crippen molar-refractivity contribution in [2.75, 3.05) is 6.61 Å². The van der Waals surface area contributed by atoms with E-state index in [-0.39, 0.29) is 5.78 Å². The van der Waals surface area contributed by atoms with Crippen LogP contribution in [0, 0.1) is 6.92 Å². The lowest BCUT2D eigenvalue weighted by Crippen LogP contribution is -2.07. The van der Waals surface area contributed by atoms with Crippen molar-refractivity contribution in [2.24, 2.45) is 0 Å². The second-order valence-electron chi connectivity index (χ2n) is 4.55. The van der Waals surface area contributed by atoms with Gasteiger partial charge < -0.3 is 4.74 Å². The summed E-state index contributed by atoms with van der Waals surface area (Å²) >= 11 is 6.01. The second-order valence-corrected chi connectivity index (χ2v) is 4.95. The highest BCUT2D eigenvalue weighted by atomic mass is 35.5. The van der Waals surface area contributed by atoms with Crippen molar-refractivity contribution in [3.05, 3.63) is 46.2 Å². The Kier molecular flexibility index (Phi) is 4.45. The predicted octanol–water partition coefficient (Wildman–Crippen LogP) is 3.49. The summed E-state index contributed by atoms with van der Waals surface area (Å²) in [6.07, 6.45) is 1.62.